The summed E-state index contributed by atoms with van der Waals surface area (Å²) in [5.74, 6) is -0.984. The van der Waals surface area contributed by atoms with Gasteiger partial charge in [-0.15, -0.1) is 0 Å². The molecule has 1 aliphatic carbocycles. The van der Waals surface area contributed by atoms with E-state index in [0.717, 1.165) is 19.3 Å². The number of aliphatic carboxylic acids is 1. The van der Waals surface area contributed by atoms with Gasteiger partial charge in [-0.3, -0.25) is 14.4 Å². The summed E-state index contributed by atoms with van der Waals surface area (Å²) in [5, 5.41) is 9.68. The smallest absolute Gasteiger partial charge is 0.305 e. The first kappa shape index (κ1) is 9.45. The monoisotopic (exact) mass is 199 g/mol. The van der Waals surface area contributed by atoms with Crippen LogP contribution >= 0.6 is 0 Å². The van der Waals surface area contributed by atoms with Crippen LogP contribution in [0, 0.1) is 0 Å². The Kier molecular flexibility index (Phi) is 2.19. The minimum absolute atomic E-state index is 0.0538. The van der Waals surface area contributed by atoms with Crippen molar-refractivity contribution in [3.05, 3.63) is 0 Å². The molecule has 1 saturated heterocycles. The van der Waals surface area contributed by atoms with Crippen molar-refractivity contribution in [3.63, 3.8) is 0 Å². The molecule has 14 heavy (non-hydrogen) atoms. The first-order chi connectivity index (χ1) is 6.61. The Labute approximate surface area is 81.6 Å². The zero-order chi connectivity index (χ0) is 10.2. The van der Waals surface area contributed by atoms with Crippen LogP contribution in [0.15, 0.2) is 0 Å². The maximum Gasteiger partial charge on any atom is 0.305 e. The second-order valence-corrected chi connectivity index (χ2v) is 3.94. The normalized spacial score (nSPS) is 24.0. The summed E-state index contributed by atoms with van der Waals surface area (Å²) in [6, 6.07) is 0. The van der Waals surface area contributed by atoms with E-state index in [0.29, 0.717) is 6.42 Å². The largest absolute Gasteiger partial charge is 0.481 e. The quantitative estimate of drug-likeness (QED) is 0.720. The van der Waals surface area contributed by atoms with Crippen molar-refractivity contribution >= 4 is 11.9 Å². The van der Waals surface area contributed by atoms with Crippen LogP contribution in [0.1, 0.15) is 32.1 Å². The maximum absolute atomic E-state index is 11.4. The molecule has 1 saturated carbocycles. The highest BCUT2D eigenvalue weighted by Gasteiger charge is 2.49. The van der Waals surface area contributed by atoms with Gasteiger partial charge in [-0.2, -0.15) is 0 Å². The van der Waals surface area contributed by atoms with Crippen molar-refractivity contribution in [2.45, 2.75) is 37.7 Å². The molecule has 2 fully saturated rings. The molecule has 1 amide bonds. The number of carboxylic acid groups (broad SMARTS) is 1. The summed E-state index contributed by atoms with van der Waals surface area (Å²) < 4.78 is 0. The second-order valence-electron chi connectivity index (χ2n) is 3.94. The maximum atomic E-state index is 11.4. The summed E-state index contributed by atoms with van der Waals surface area (Å²) in [4.78, 5) is 27.2. The summed E-state index contributed by atoms with van der Waals surface area (Å²) in [5.41, 5.74) is -0.268. The number of amides is 1. The van der Waals surface area contributed by atoms with E-state index in [1.165, 1.54) is 5.06 Å². The van der Waals surface area contributed by atoms with Gasteiger partial charge in [0.2, 0.25) is 5.91 Å². The molecule has 1 N–H and O–H groups in total. The highest BCUT2D eigenvalue weighted by Crippen LogP contribution is 2.43. The van der Waals surface area contributed by atoms with Crippen molar-refractivity contribution in [2.75, 3.05) is 6.54 Å². The molecule has 5 nitrogen and oxygen atoms in total. The Morgan fingerprint density at radius 3 is 2.71 bits per heavy atom. The molecular formula is C9H13NO4. The molecule has 0 aromatic rings. The summed E-state index contributed by atoms with van der Waals surface area (Å²) in [6.07, 6.45) is 3.30. The number of carbonyl (C=O) groups excluding carboxylic acids is 1. The highest BCUT2D eigenvalue weighted by molar-refractivity contribution is 5.78. The molecule has 0 aromatic heterocycles. The second kappa shape index (κ2) is 3.24. The minimum atomic E-state index is -0.907. The van der Waals surface area contributed by atoms with E-state index in [-0.39, 0.29) is 24.5 Å². The molecule has 0 aromatic carbocycles. The average molecular weight is 199 g/mol. The lowest BCUT2D eigenvalue weighted by molar-refractivity contribution is -0.220. The molecule has 1 aliphatic heterocycles. The van der Waals surface area contributed by atoms with E-state index in [1.54, 1.807) is 0 Å². The predicted molar refractivity (Wildman–Crippen MR) is 46.2 cm³/mol. The number of hydroxylamine groups is 2. The Morgan fingerprint density at radius 1 is 1.57 bits per heavy atom. The van der Waals surface area contributed by atoms with Crippen molar-refractivity contribution in [2.24, 2.45) is 0 Å². The summed E-state index contributed by atoms with van der Waals surface area (Å²) in [7, 11) is 0. The van der Waals surface area contributed by atoms with Crippen molar-refractivity contribution in [1.29, 1.82) is 0 Å². The average Bonchev–Trinajstić information content (AvgIpc) is 2.39. The zero-order valence-electron chi connectivity index (χ0n) is 7.86. The van der Waals surface area contributed by atoms with E-state index in [1.807, 2.05) is 0 Å². The van der Waals surface area contributed by atoms with Crippen LogP contribution < -0.4 is 0 Å². The lowest BCUT2D eigenvalue weighted by Crippen LogP contribution is -2.38. The van der Waals surface area contributed by atoms with Gasteiger partial charge in [0, 0.05) is 0 Å². The highest BCUT2D eigenvalue weighted by atomic mass is 16.7. The van der Waals surface area contributed by atoms with Gasteiger partial charge in [-0.25, -0.2) is 5.06 Å². The lowest BCUT2D eigenvalue weighted by atomic mass is 9.78. The van der Waals surface area contributed by atoms with E-state index in [9.17, 15) is 9.59 Å². The molecule has 1 heterocycles. The Bertz CT molecular complexity index is 272. The topological polar surface area (TPSA) is 66.8 Å². The van der Waals surface area contributed by atoms with E-state index < -0.39 is 5.97 Å². The molecule has 1 spiro atoms. The van der Waals surface area contributed by atoms with E-state index in [4.69, 9.17) is 9.94 Å². The molecule has 2 rings (SSSR count). The van der Waals surface area contributed by atoms with Gasteiger partial charge in [0.05, 0.1) is 19.4 Å². The standard InChI is InChI=1S/C9H13NO4/c11-7-6-9(3-1-4-9)14-10(7)5-2-8(12)13/h1-6H2,(H,12,13). The van der Waals surface area contributed by atoms with Crippen molar-refractivity contribution in [1.82, 2.24) is 5.06 Å². The number of carbonyl (C=O) groups is 2. The van der Waals surface area contributed by atoms with Crippen molar-refractivity contribution in [3.8, 4) is 0 Å². The minimum Gasteiger partial charge on any atom is -0.481 e. The Morgan fingerprint density at radius 2 is 2.29 bits per heavy atom. The van der Waals surface area contributed by atoms with E-state index in [2.05, 4.69) is 0 Å². The Balaban J connectivity index is 1.88. The first-order valence-electron chi connectivity index (χ1n) is 4.83. The number of rotatable bonds is 3. The van der Waals surface area contributed by atoms with Crippen LogP contribution in [0.5, 0.6) is 0 Å². The molecule has 0 atom stereocenters. The van der Waals surface area contributed by atoms with Gasteiger partial charge in [-0.05, 0) is 19.3 Å². The zero-order valence-corrected chi connectivity index (χ0v) is 7.86. The van der Waals surface area contributed by atoms with Gasteiger partial charge in [0.25, 0.3) is 0 Å². The molecule has 0 unspecified atom stereocenters. The molecule has 0 radical (unpaired) electrons. The SMILES string of the molecule is O=C(O)CCN1OC2(CCC2)CC1=O. The summed E-state index contributed by atoms with van der Waals surface area (Å²) >= 11 is 0. The fourth-order valence-electron chi connectivity index (χ4n) is 1.89. The molecule has 0 bridgehead atoms. The predicted octanol–water partition coefficient (Wildman–Crippen LogP) is 0.548. The molecule has 2 aliphatic rings. The third-order valence-electron chi connectivity index (χ3n) is 2.85. The molecular weight excluding hydrogens is 186 g/mol. The van der Waals surface area contributed by atoms with Gasteiger partial charge in [0.15, 0.2) is 0 Å². The fourth-order valence-corrected chi connectivity index (χ4v) is 1.89. The van der Waals surface area contributed by atoms with Crippen LogP contribution in [0.4, 0.5) is 0 Å². The lowest BCUT2D eigenvalue weighted by Gasteiger charge is -2.35. The first-order valence-corrected chi connectivity index (χ1v) is 4.83. The van der Waals surface area contributed by atoms with Crippen LogP contribution in [0.3, 0.4) is 0 Å². The third kappa shape index (κ3) is 1.59. The van der Waals surface area contributed by atoms with Crippen LogP contribution in [-0.2, 0) is 14.4 Å². The van der Waals surface area contributed by atoms with Gasteiger partial charge in [0.1, 0.15) is 5.60 Å². The number of nitrogens with zero attached hydrogens (tertiary/aromatic N) is 1. The van der Waals surface area contributed by atoms with Crippen LogP contribution in [-0.4, -0.2) is 34.2 Å². The number of hydrogen-bond acceptors (Lipinski definition) is 3. The van der Waals surface area contributed by atoms with Crippen molar-refractivity contribution < 1.29 is 19.5 Å². The van der Waals surface area contributed by atoms with Gasteiger partial charge >= 0.3 is 5.97 Å². The van der Waals surface area contributed by atoms with E-state index >= 15 is 0 Å². The van der Waals surface area contributed by atoms with Gasteiger partial charge < -0.3 is 5.11 Å². The Hall–Kier alpha value is -1.10. The third-order valence-corrected chi connectivity index (χ3v) is 2.85. The van der Waals surface area contributed by atoms with Gasteiger partial charge in [-0.1, -0.05) is 0 Å². The van der Waals surface area contributed by atoms with Crippen LogP contribution in [0.2, 0.25) is 0 Å². The summed E-state index contributed by atoms with van der Waals surface area (Å²) in [6.45, 7) is 0.163. The fraction of sp³-hybridized carbons (Fsp3) is 0.778. The number of carboxylic acids is 1. The number of hydrogen-bond donors (Lipinski definition) is 1. The molecule has 78 valence electrons. The van der Waals surface area contributed by atoms with Crippen LogP contribution in [0.25, 0.3) is 0 Å². The molecule has 5 heteroatoms.